The molecule has 0 aliphatic carbocycles. The zero-order valence-electron chi connectivity index (χ0n) is 36.0. The Labute approximate surface area is 334 Å². The summed E-state index contributed by atoms with van der Waals surface area (Å²) in [6, 6.07) is 0. The first-order valence-corrected chi connectivity index (χ1v) is 23.3. The minimum Gasteiger partial charge on any atom is -0.462 e. The highest BCUT2D eigenvalue weighted by molar-refractivity contribution is 5.71. The van der Waals surface area contributed by atoms with E-state index in [0.29, 0.717) is 19.3 Å². The third-order valence-corrected chi connectivity index (χ3v) is 10.2. The van der Waals surface area contributed by atoms with Gasteiger partial charge in [-0.1, -0.05) is 186 Å². The monoisotopic (exact) mass is 761 g/mol. The number of esters is 3. The molecule has 0 aliphatic rings. The molecule has 0 radical (unpaired) electrons. The SMILES string of the molecule is CCCC/C=C\CCCCCCCC(=O)OC[C@H](COC(=O)CCCCCCCCCCCCCC)OC(=O)CCCCCCC/C=C\CCCCCC. The molecule has 0 spiro atoms. The summed E-state index contributed by atoms with van der Waals surface area (Å²) in [5.74, 6) is -0.888. The van der Waals surface area contributed by atoms with E-state index in [-0.39, 0.29) is 31.1 Å². The summed E-state index contributed by atoms with van der Waals surface area (Å²) in [6.45, 7) is 6.57. The lowest BCUT2D eigenvalue weighted by molar-refractivity contribution is -0.167. The van der Waals surface area contributed by atoms with Gasteiger partial charge in [0.25, 0.3) is 0 Å². The highest BCUT2D eigenvalue weighted by atomic mass is 16.6. The van der Waals surface area contributed by atoms with Gasteiger partial charge in [0.05, 0.1) is 0 Å². The fraction of sp³-hybridized carbons (Fsp3) is 0.854. The molecule has 54 heavy (non-hydrogen) atoms. The quantitative estimate of drug-likeness (QED) is 0.0267. The second-order valence-electron chi connectivity index (χ2n) is 15.7. The first-order chi connectivity index (χ1) is 26.5. The third kappa shape index (κ3) is 41.1. The van der Waals surface area contributed by atoms with Crippen molar-refractivity contribution in [1.82, 2.24) is 0 Å². The predicted molar refractivity (Wildman–Crippen MR) is 229 cm³/mol. The fourth-order valence-electron chi connectivity index (χ4n) is 6.59. The molecular formula is C48H88O6. The van der Waals surface area contributed by atoms with E-state index in [4.69, 9.17) is 14.2 Å². The second kappa shape index (κ2) is 43.6. The Balaban J connectivity index is 4.38. The maximum absolute atomic E-state index is 12.7. The second-order valence-corrected chi connectivity index (χ2v) is 15.7. The Morgan fingerprint density at radius 1 is 0.352 bits per heavy atom. The van der Waals surface area contributed by atoms with Gasteiger partial charge in [0, 0.05) is 19.3 Å². The lowest BCUT2D eigenvalue weighted by Crippen LogP contribution is -2.30. The summed E-state index contributed by atoms with van der Waals surface area (Å²) in [5, 5.41) is 0. The molecule has 0 saturated carbocycles. The van der Waals surface area contributed by atoms with Crippen molar-refractivity contribution >= 4 is 17.9 Å². The molecule has 6 heteroatoms. The highest BCUT2D eigenvalue weighted by Gasteiger charge is 2.19. The Kier molecular flexibility index (Phi) is 41.9. The summed E-state index contributed by atoms with van der Waals surface area (Å²) < 4.78 is 16.7. The van der Waals surface area contributed by atoms with Gasteiger partial charge in [-0.2, -0.15) is 0 Å². The van der Waals surface area contributed by atoms with E-state index in [2.05, 4.69) is 45.1 Å². The smallest absolute Gasteiger partial charge is 0.306 e. The maximum Gasteiger partial charge on any atom is 0.306 e. The van der Waals surface area contributed by atoms with E-state index in [1.165, 1.54) is 135 Å². The van der Waals surface area contributed by atoms with Crippen molar-refractivity contribution in [3.05, 3.63) is 24.3 Å². The van der Waals surface area contributed by atoms with E-state index in [9.17, 15) is 14.4 Å². The molecule has 0 aromatic heterocycles. The van der Waals surface area contributed by atoms with Crippen molar-refractivity contribution in [2.45, 2.75) is 252 Å². The molecule has 0 bridgehead atoms. The molecular weight excluding hydrogens is 673 g/mol. The molecule has 0 aromatic rings. The molecule has 0 saturated heterocycles. The van der Waals surface area contributed by atoms with E-state index in [0.717, 1.165) is 70.6 Å². The number of allylic oxidation sites excluding steroid dienone is 4. The number of ether oxygens (including phenoxy) is 3. The molecule has 0 heterocycles. The van der Waals surface area contributed by atoms with Crippen LogP contribution in [0.5, 0.6) is 0 Å². The van der Waals surface area contributed by atoms with Gasteiger partial charge in [-0.3, -0.25) is 14.4 Å². The van der Waals surface area contributed by atoms with E-state index >= 15 is 0 Å². The van der Waals surface area contributed by atoms with Crippen LogP contribution in [0.15, 0.2) is 24.3 Å². The summed E-state index contributed by atoms with van der Waals surface area (Å²) in [5.41, 5.74) is 0. The molecule has 1 atom stereocenters. The Hall–Kier alpha value is -2.11. The molecule has 0 aromatic carbocycles. The number of hydrogen-bond donors (Lipinski definition) is 0. The van der Waals surface area contributed by atoms with Crippen LogP contribution in [0, 0.1) is 0 Å². The molecule has 6 nitrogen and oxygen atoms in total. The standard InChI is InChI=1S/C48H88O6/c1-4-7-10-13-16-19-22-24-27-30-33-36-39-42-48(51)54-45(43-52-46(49)40-37-34-31-28-25-21-18-15-12-9-6-3)44-53-47(50)41-38-35-32-29-26-23-20-17-14-11-8-5-2/h15,18-19,22,45H,4-14,16-17,20-21,23-44H2,1-3H3/b18-15-,22-19-/t45-/m1/s1. The predicted octanol–water partition coefficient (Wildman–Crippen LogP) is 14.8. The highest BCUT2D eigenvalue weighted by Crippen LogP contribution is 2.14. The Morgan fingerprint density at radius 2 is 0.630 bits per heavy atom. The van der Waals surface area contributed by atoms with Crippen LogP contribution >= 0.6 is 0 Å². The van der Waals surface area contributed by atoms with Crippen LogP contribution in [0.1, 0.15) is 245 Å². The average molecular weight is 761 g/mol. The van der Waals surface area contributed by atoms with Crippen molar-refractivity contribution in [2.75, 3.05) is 13.2 Å². The minimum atomic E-state index is -0.772. The molecule has 0 fully saturated rings. The largest absolute Gasteiger partial charge is 0.462 e. The normalized spacial score (nSPS) is 12.1. The molecule has 0 rings (SSSR count). The van der Waals surface area contributed by atoms with Gasteiger partial charge < -0.3 is 14.2 Å². The Bertz CT molecular complexity index is 880. The molecule has 0 aliphatic heterocycles. The third-order valence-electron chi connectivity index (χ3n) is 10.2. The van der Waals surface area contributed by atoms with Crippen LogP contribution < -0.4 is 0 Å². The molecule has 0 amide bonds. The van der Waals surface area contributed by atoms with Gasteiger partial charge in [0.15, 0.2) is 6.10 Å². The fourth-order valence-corrected chi connectivity index (χ4v) is 6.59. The van der Waals surface area contributed by atoms with Gasteiger partial charge in [-0.15, -0.1) is 0 Å². The zero-order chi connectivity index (χ0) is 39.4. The van der Waals surface area contributed by atoms with Crippen molar-refractivity contribution < 1.29 is 28.6 Å². The van der Waals surface area contributed by atoms with Crippen LogP contribution in [0.3, 0.4) is 0 Å². The van der Waals surface area contributed by atoms with E-state index in [1.807, 2.05) is 0 Å². The first kappa shape index (κ1) is 51.9. The maximum atomic E-state index is 12.7. The summed E-state index contributed by atoms with van der Waals surface area (Å²) in [4.78, 5) is 37.7. The zero-order valence-corrected chi connectivity index (χ0v) is 36.0. The summed E-state index contributed by atoms with van der Waals surface area (Å²) >= 11 is 0. The molecule has 0 unspecified atom stereocenters. The summed E-state index contributed by atoms with van der Waals surface area (Å²) in [6.07, 6.45) is 47.2. The summed E-state index contributed by atoms with van der Waals surface area (Å²) in [7, 11) is 0. The van der Waals surface area contributed by atoms with Crippen molar-refractivity contribution in [1.29, 1.82) is 0 Å². The lowest BCUT2D eigenvalue weighted by atomic mass is 10.0. The van der Waals surface area contributed by atoms with Crippen molar-refractivity contribution in [3.63, 3.8) is 0 Å². The van der Waals surface area contributed by atoms with Crippen LogP contribution in [0.4, 0.5) is 0 Å². The topological polar surface area (TPSA) is 78.9 Å². The Morgan fingerprint density at radius 3 is 1.00 bits per heavy atom. The van der Waals surface area contributed by atoms with Crippen LogP contribution in [0.2, 0.25) is 0 Å². The average Bonchev–Trinajstić information content (AvgIpc) is 3.17. The number of carbonyl (C=O) groups is 3. The van der Waals surface area contributed by atoms with E-state index < -0.39 is 6.10 Å². The van der Waals surface area contributed by atoms with Gasteiger partial charge >= 0.3 is 17.9 Å². The van der Waals surface area contributed by atoms with Crippen LogP contribution in [0.25, 0.3) is 0 Å². The molecule has 316 valence electrons. The van der Waals surface area contributed by atoms with E-state index in [1.54, 1.807) is 0 Å². The number of carbonyl (C=O) groups excluding carboxylic acids is 3. The van der Waals surface area contributed by atoms with Crippen molar-refractivity contribution in [3.8, 4) is 0 Å². The van der Waals surface area contributed by atoms with Gasteiger partial charge in [-0.05, 0) is 64.2 Å². The first-order valence-electron chi connectivity index (χ1n) is 23.3. The van der Waals surface area contributed by atoms with Crippen LogP contribution in [-0.4, -0.2) is 37.2 Å². The van der Waals surface area contributed by atoms with Gasteiger partial charge in [-0.25, -0.2) is 0 Å². The van der Waals surface area contributed by atoms with Crippen molar-refractivity contribution in [2.24, 2.45) is 0 Å². The lowest BCUT2D eigenvalue weighted by Gasteiger charge is -2.18. The number of hydrogen-bond acceptors (Lipinski definition) is 6. The number of rotatable bonds is 42. The molecule has 0 N–H and O–H groups in total. The number of unbranched alkanes of at least 4 members (excludes halogenated alkanes) is 27. The van der Waals surface area contributed by atoms with Gasteiger partial charge in [0.2, 0.25) is 0 Å². The van der Waals surface area contributed by atoms with Crippen LogP contribution in [-0.2, 0) is 28.6 Å². The minimum absolute atomic E-state index is 0.0743. The van der Waals surface area contributed by atoms with Gasteiger partial charge in [0.1, 0.15) is 13.2 Å².